The molecule has 6 atom stereocenters. The quantitative estimate of drug-likeness (QED) is 0.480. The van der Waals surface area contributed by atoms with Crippen LogP contribution < -0.4 is 0 Å². The third-order valence-corrected chi connectivity index (χ3v) is 8.45. The van der Waals surface area contributed by atoms with Crippen LogP contribution in [0.3, 0.4) is 0 Å². The molecule has 0 amide bonds. The second-order valence-electron chi connectivity index (χ2n) is 11.6. The third-order valence-electron chi connectivity index (χ3n) is 8.45. The molecule has 4 heteroatoms. The van der Waals surface area contributed by atoms with E-state index in [-0.39, 0.29) is 12.8 Å². The van der Waals surface area contributed by atoms with Gasteiger partial charge in [0.05, 0.1) is 11.7 Å². The highest BCUT2D eigenvalue weighted by Gasteiger charge is 2.50. The Morgan fingerprint density at radius 2 is 2.00 bits per heavy atom. The van der Waals surface area contributed by atoms with Crippen molar-refractivity contribution in [2.75, 3.05) is 0 Å². The lowest BCUT2D eigenvalue weighted by Gasteiger charge is -2.44. The molecular weight excluding hydrogens is 391 g/mol. The van der Waals surface area contributed by atoms with Crippen LogP contribution in [0.4, 0.5) is 4.39 Å². The van der Waals surface area contributed by atoms with E-state index in [1.54, 1.807) is 0 Å². The Morgan fingerprint density at radius 3 is 2.68 bits per heavy atom. The fourth-order valence-electron chi connectivity index (χ4n) is 6.76. The Kier molecular flexibility index (Phi) is 7.25. The number of alkyl halides is 1. The molecule has 3 aliphatic carbocycles. The zero-order valence-corrected chi connectivity index (χ0v) is 20.0. The van der Waals surface area contributed by atoms with E-state index in [1.165, 1.54) is 31.3 Å². The Balaban J connectivity index is 1.72. The number of rotatable bonds is 6. The summed E-state index contributed by atoms with van der Waals surface area (Å²) in [4.78, 5) is 0. The molecule has 0 bridgehead atoms. The van der Waals surface area contributed by atoms with Crippen LogP contribution in [0.5, 0.6) is 0 Å². The van der Waals surface area contributed by atoms with Gasteiger partial charge in [-0.15, -0.1) is 0 Å². The average molecular weight is 435 g/mol. The molecule has 0 aromatic rings. The molecule has 3 N–H and O–H groups in total. The van der Waals surface area contributed by atoms with Gasteiger partial charge in [0.1, 0.15) is 0 Å². The van der Waals surface area contributed by atoms with Crippen LogP contribution in [-0.2, 0) is 0 Å². The largest absolute Gasteiger partial charge is 0.390 e. The summed E-state index contributed by atoms with van der Waals surface area (Å²) in [6.07, 6.45) is 11.6. The lowest BCUT2D eigenvalue weighted by molar-refractivity contribution is -0.118. The van der Waals surface area contributed by atoms with Crippen molar-refractivity contribution in [2.24, 2.45) is 23.2 Å². The fourth-order valence-corrected chi connectivity index (χ4v) is 6.76. The van der Waals surface area contributed by atoms with Crippen molar-refractivity contribution in [3.8, 4) is 0 Å². The standard InChI is InChI=1S/C27H43FO3/c1-18(8-6-14-25(3,4)30)22-12-13-23-20(9-7-15-26(22,23)5)10-11-21-16-27(28,31)17-24(29)19(21)2/h10-11,18,22-24,29-31H,2,6-9,12-17H2,1,3-5H3/t18-,22-,23?,24-,26-,27-/m1/s1. The van der Waals surface area contributed by atoms with Crippen molar-refractivity contribution >= 4 is 0 Å². The molecule has 3 saturated carbocycles. The molecule has 0 radical (unpaired) electrons. The van der Waals surface area contributed by atoms with E-state index in [4.69, 9.17) is 0 Å². The molecule has 1 unspecified atom stereocenters. The summed E-state index contributed by atoms with van der Waals surface area (Å²) in [5.74, 6) is -0.475. The lowest BCUT2D eigenvalue weighted by Crippen LogP contribution is -2.36. The molecule has 176 valence electrons. The monoisotopic (exact) mass is 434 g/mol. The fraction of sp³-hybridized carbons (Fsp3) is 0.778. The topological polar surface area (TPSA) is 60.7 Å². The number of fused-ring (bicyclic) bond motifs is 1. The first-order valence-corrected chi connectivity index (χ1v) is 12.2. The van der Waals surface area contributed by atoms with Gasteiger partial charge in [-0.3, -0.25) is 0 Å². The van der Waals surface area contributed by atoms with Crippen molar-refractivity contribution in [1.82, 2.24) is 0 Å². The molecule has 3 fully saturated rings. The number of aliphatic hydroxyl groups excluding tert-OH is 1. The predicted octanol–water partition coefficient (Wildman–Crippen LogP) is 6.00. The lowest BCUT2D eigenvalue weighted by atomic mass is 9.60. The zero-order chi connectivity index (χ0) is 23.0. The second-order valence-corrected chi connectivity index (χ2v) is 11.6. The Morgan fingerprint density at radius 1 is 1.29 bits per heavy atom. The normalized spacial score (nSPS) is 40.4. The Hall–Kier alpha value is -0.970. The van der Waals surface area contributed by atoms with E-state index < -0.39 is 17.6 Å². The van der Waals surface area contributed by atoms with Gasteiger partial charge in [0.2, 0.25) is 5.85 Å². The number of hydrogen-bond acceptors (Lipinski definition) is 3. The van der Waals surface area contributed by atoms with E-state index in [0.717, 1.165) is 25.7 Å². The van der Waals surface area contributed by atoms with Gasteiger partial charge in [-0.25, -0.2) is 4.39 Å². The number of hydrogen-bond donors (Lipinski definition) is 3. The van der Waals surface area contributed by atoms with Crippen molar-refractivity contribution in [2.45, 2.75) is 109 Å². The van der Waals surface area contributed by atoms with Crippen LogP contribution in [0.15, 0.2) is 35.5 Å². The highest BCUT2D eigenvalue weighted by atomic mass is 19.2. The molecule has 0 saturated heterocycles. The molecule has 3 aliphatic rings. The minimum Gasteiger partial charge on any atom is -0.390 e. The maximum Gasteiger partial charge on any atom is 0.213 e. The molecular formula is C27H43FO3. The highest BCUT2D eigenvalue weighted by Crippen LogP contribution is 2.60. The smallest absolute Gasteiger partial charge is 0.213 e. The average Bonchev–Trinajstić information content (AvgIpc) is 2.99. The van der Waals surface area contributed by atoms with Crippen LogP contribution in [0.1, 0.15) is 91.9 Å². The molecule has 0 aliphatic heterocycles. The van der Waals surface area contributed by atoms with Gasteiger partial charge >= 0.3 is 0 Å². The van der Waals surface area contributed by atoms with E-state index >= 15 is 0 Å². The first kappa shape index (κ1) is 24.7. The molecule has 0 aromatic carbocycles. The van der Waals surface area contributed by atoms with E-state index in [9.17, 15) is 19.7 Å². The number of halogens is 1. The second kappa shape index (κ2) is 9.11. The van der Waals surface area contributed by atoms with E-state index in [1.807, 2.05) is 19.9 Å². The first-order valence-electron chi connectivity index (χ1n) is 12.2. The Bertz CT molecular complexity index is 729. The minimum absolute atomic E-state index is 0.102. The van der Waals surface area contributed by atoms with Crippen molar-refractivity contribution in [1.29, 1.82) is 0 Å². The summed E-state index contributed by atoms with van der Waals surface area (Å²) < 4.78 is 14.2. The molecule has 0 spiro atoms. The van der Waals surface area contributed by atoms with E-state index in [0.29, 0.717) is 34.3 Å². The SMILES string of the molecule is C=C1C(=CC=C2CCC[C@@]3(C)C2CC[C@@H]3[C@H](C)CCCC(C)(C)O)C[C@](O)(F)C[C@H]1O. The van der Waals surface area contributed by atoms with Crippen LogP contribution >= 0.6 is 0 Å². The van der Waals surface area contributed by atoms with Gasteiger partial charge in [-0.05, 0) is 86.7 Å². The molecule has 3 nitrogen and oxygen atoms in total. The van der Waals surface area contributed by atoms with Crippen molar-refractivity contribution in [3.05, 3.63) is 35.5 Å². The first-order chi connectivity index (χ1) is 14.3. The van der Waals surface area contributed by atoms with Crippen LogP contribution in [0.25, 0.3) is 0 Å². The van der Waals surface area contributed by atoms with Gasteiger partial charge < -0.3 is 15.3 Å². The van der Waals surface area contributed by atoms with Crippen molar-refractivity contribution in [3.63, 3.8) is 0 Å². The van der Waals surface area contributed by atoms with Gasteiger partial charge in [0.15, 0.2) is 0 Å². The van der Waals surface area contributed by atoms with Crippen molar-refractivity contribution < 1.29 is 19.7 Å². The summed E-state index contributed by atoms with van der Waals surface area (Å²) in [6.45, 7) is 12.6. The summed E-state index contributed by atoms with van der Waals surface area (Å²) in [5, 5.41) is 29.9. The number of allylic oxidation sites excluding steroid dienone is 3. The summed E-state index contributed by atoms with van der Waals surface area (Å²) in [5.41, 5.74) is 2.29. The van der Waals surface area contributed by atoms with Gasteiger partial charge in [0.25, 0.3) is 0 Å². The summed E-state index contributed by atoms with van der Waals surface area (Å²) >= 11 is 0. The zero-order valence-electron chi connectivity index (χ0n) is 20.0. The third kappa shape index (κ3) is 5.69. The van der Waals surface area contributed by atoms with Gasteiger partial charge in [0, 0.05) is 12.8 Å². The van der Waals surface area contributed by atoms with Gasteiger partial charge in [-0.2, -0.15) is 0 Å². The van der Waals surface area contributed by atoms with Gasteiger partial charge in [-0.1, -0.05) is 51.0 Å². The summed E-state index contributed by atoms with van der Waals surface area (Å²) in [6, 6.07) is 0. The maximum absolute atomic E-state index is 14.2. The van der Waals surface area contributed by atoms with E-state index in [2.05, 4.69) is 26.5 Å². The molecule has 31 heavy (non-hydrogen) atoms. The van der Waals surface area contributed by atoms with Crippen LogP contribution in [0.2, 0.25) is 0 Å². The predicted molar refractivity (Wildman–Crippen MR) is 124 cm³/mol. The van der Waals surface area contributed by atoms with Crippen LogP contribution in [-0.4, -0.2) is 32.9 Å². The minimum atomic E-state index is -2.36. The number of aliphatic hydroxyl groups is 3. The Labute approximate surface area is 188 Å². The summed E-state index contributed by atoms with van der Waals surface area (Å²) in [7, 11) is 0. The molecule has 3 rings (SSSR count). The maximum atomic E-state index is 14.2. The van der Waals surface area contributed by atoms with Crippen LogP contribution in [0, 0.1) is 23.2 Å². The highest BCUT2D eigenvalue weighted by molar-refractivity contribution is 5.39. The molecule has 0 heterocycles. The molecule has 0 aromatic heterocycles.